The zero-order valence-electron chi connectivity index (χ0n) is 7.18. The van der Waals surface area contributed by atoms with Gasteiger partial charge in [0.05, 0.1) is 0 Å². The van der Waals surface area contributed by atoms with Crippen molar-refractivity contribution in [3.63, 3.8) is 0 Å². The minimum absolute atomic E-state index is 0.0842. The maximum Gasteiger partial charge on any atom is 0.192 e. The van der Waals surface area contributed by atoms with Crippen LogP contribution in [0.15, 0.2) is 0 Å². The highest BCUT2D eigenvalue weighted by Crippen LogP contribution is 2.00. The van der Waals surface area contributed by atoms with Gasteiger partial charge in [0.2, 0.25) is 0 Å². The minimum atomic E-state index is -0.410. The van der Waals surface area contributed by atoms with Crippen molar-refractivity contribution in [2.45, 2.75) is 38.6 Å². The van der Waals surface area contributed by atoms with Gasteiger partial charge in [-0.2, -0.15) is 0 Å². The van der Waals surface area contributed by atoms with Crippen molar-refractivity contribution >= 4 is 5.78 Å². The molecule has 0 fully saturated rings. The van der Waals surface area contributed by atoms with Gasteiger partial charge in [0.15, 0.2) is 11.8 Å². The first kappa shape index (κ1) is 10.6. The lowest BCUT2D eigenvalue weighted by Gasteiger charge is -2.02. The van der Waals surface area contributed by atoms with Crippen molar-refractivity contribution in [3.8, 4) is 0 Å². The monoisotopic (exact) mass is 160 g/mol. The summed E-state index contributed by atoms with van der Waals surface area (Å²) in [6, 6.07) is -0.410. The zero-order chi connectivity index (χ0) is 8.69. The van der Waals surface area contributed by atoms with Crippen LogP contribution in [-0.2, 0) is 4.79 Å². The van der Waals surface area contributed by atoms with Gasteiger partial charge in [-0.3, -0.25) is 4.79 Å². The third kappa shape index (κ3) is 4.93. The van der Waals surface area contributed by atoms with Gasteiger partial charge in [0.25, 0.3) is 0 Å². The van der Waals surface area contributed by atoms with Crippen LogP contribution in [0.3, 0.4) is 0 Å². The number of aliphatic hydroxyl groups excluding tert-OH is 1. The second kappa shape index (κ2) is 6.31. The second-order valence-electron chi connectivity index (χ2n) is 2.80. The van der Waals surface area contributed by atoms with Crippen molar-refractivity contribution in [2.24, 2.45) is 0 Å². The van der Waals surface area contributed by atoms with E-state index in [-0.39, 0.29) is 12.4 Å². The molecule has 0 aromatic carbocycles. The molecule has 0 radical (unpaired) electrons. The van der Waals surface area contributed by atoms with Crippen molar-refractivity contribution in [1.29, 1.82) is 0 Å². The molecule has 0 heterocycles. The van der Waals surface area contributed by atoms with Crippen LogP contribution in [0.1, 0.15) is 32.6 Å². The number of aliphatic hydroxyl groups is 1. The fourth-order valence-corrected chi connectivity index (χ4v) is 0.855. The van der Waals surface area contributed by atoms with E-state index in [4.69, 9.17) is 5.11 Å². The van der Waals surface area contributed by atoms with Crippen LogP contribution in [-0.4, -0.2) is 23.5 Å². The van der Waals surface area contributed by atoms with Crippen molar-refractivity contribution in [3.05, 3.63) is 0 Å². The summed E-state index contributed by atoms with van der Waals surface area (Å²) in [5.41, 5.74) is 3.54. The molecule has 1 atom stereocenters. The van der Waals surface area contributed by atoms with Crippen molar-refractivity contribution < 1.29 is 15.6 Å². The number of Topliss-reactive ketones (excluding diaryl/α,β-unsaturated/α-hetero) is 1. The first-order valence-electron chi connectivity index (χ1n) is 4.19. The van der Waals surface area contributed by atoms with Gasteiger partial charge in [0.1, 0.15) is 6.61 Å². The summed E-state index contributed by atoms with van der Waals surface area (Å²) in [5.74, 6) is 0.0842. The first-order chi connectivity index (χ1) is 5.22. The number of carbonyl (C=O) groups is 1. The van der Waals surface area contributed by atoms with Crippen LogP contribution in [0.4, 0.5) is 0 Å². The van der Waals surface area contributed by atoms with E-state index in [9.17, 15) is 4.79 Å². The van der Waals surface area contributed by atoms with Crippen molar-refractivity contribution in [1.82, 2.24) is 0 Å². The van der Waals surface area contributed by atoms with Crippen LogP contribution in [0.5, 0.6) is 0 Å². The summed E-state index contributed by atoms with van der Waals surface area (Å²) in [4.78, 5) is 11.0. The van der Waals surface area contributed by atoms with Gasteiger partial charge >= 0.3 is 0 Å². The molecular formula is C8H18NO2+. The molecule has 1 unspecified atom stereocenters. The molecule has 0 aromatic rings. The lowest BCUT2D eigenvalue weighted by Crippen LogP contribution is -2.66. The predicted molar refractivity (Wildman–Crippen MR) is 42.9 cm³/mol. The van der Waals surface area contributed by atoms with Gasteiger partial charge in [0, 0.05) is 6.42 Å². The average Bonchev–Trinajstić information content (AvgIpc) is 2.03. The van der Waals surface area contributed by atoms with E-state index in [1.165, 1.54) is 0 Å². The third-order valence-corrected chi connectivity index (χ3v) is 1.70. The minimum Gasteiger partial charge on any atom is -0.390 e. The Labute approximate surface area is 67.6 Å². The topological polar surface area (TPSA) is 64.9 Å². The van der Waals surface area contributed by atoms with E-state index in [0.29, 0.717) is 6.42 Å². The molecule has 0 rings (SSSR count). The quantitative estimate of drug-likeness (QED) is 0.526. The summed E-state index contributed by atoms with van der Waals surface area (Å²) < 4.78 is 0. The van der Waals surface area contributed by atoms with Gasteiger partial charge in [-0.1, -0.05) is 19.8 Å². The SMILES string of the molecule is CCCCCC(=O)C([NH3+])CO. The number of ketones is 1. The van der Waals surface area contributed by atoms with Crippen LogP contribution in [0, 0.1) is 0 Å². The second-order valence-corrected chi connectivity index (χ2v) is 2.80. The summed E-state index contributed by atoms with van der Waals surface area (Å²) in [6.45, 7) is 1.98. The Balaban J connectivity index is 3.36. The van der Waals surface area contributed by atoms with Crippen LogP contribution in [0.25, 0.3) is 0 Å². The normalized spacial score (nSPS) is 13.0. The fraction of sp³-hybridized carbons (Fsp3) is 0.875. The van der Waals surface area contributed by atoms with Gasteiger partial charge in [-0.15, -0.1) is 0 Å². The first-order valence-corrected chi connectivity index (χ1v) is 4.19. The Kier molecular flexibility index (Phi) is 6.07. The summed E-state index contributed by atoms with van der Waals surface area (Å²) in [5, 5.41) is 8.58. The molecule has 0 saturated heterocycles. The molecule has 4 N–H and O–H groups in total. The van der Waals surface area contributed by atoms with E-state index in [2.05, 4.69) is 12.7 Å². The number of unbranched alkanes of at least 4 members (excludes halogenated alkanes) is 2. The molecule has 0 aliphatic rings. The number of quaternary nitrogens is 1. The van der Waals surface area contributed by atoms with E-state index in [1.807, 2.05) is 0 Å². The largest absolute Gasteiger partial charge is 0.390 e. The van der Waals surface area contributed by atoms with Gasteiger partial charge in [-0.05, 0) is 6.42 Å². The number of rotatable bonds is 6. The summed E-state index contributed by atoms with van der Waals surface area (Å²) in [7, 11) is 0. The lowest BCUT2D eigenvalue weighted by molar-refractivity contribution is -0.408. The summed E-state index contributed by atoms with van der Waals surface area (Å²) >= 11 is 0. The fourth-order valence-electron chi connectivity index (χ4n) is 0.855. The lowest BCUT2D eigenvalue weighted by atomic mass is 10.1. The number of hydrogen-bond acceptors (Lipinski definition) is 2. The van der Waals surface area contributed by atoms with E-state index < -0.39 is 6.04 Å². The molecule has 3 heteroatoms. The molecule has 0 amide bonds. The van der Waals surface area contributed by atoms with Crippen LogP contribution < -0.4 is 5.73 Å². The standard InChI is InChI=1S/C8H17NO2/c1-2-3-4-5-8(11)7(9)6-10/h7,10H,2-6,9H2,1H3/p+1. The highest BCUT2D eigenvalue weighted by atomic mass is 16.3. The maximum atomic E-state index is 11.0. The molecule has 0 saturated carbocycles. The number of hydrogen-bond donors (Lipinski definition) is 2. The molecule has 0 spiro atoms. The Morgan fingerprint density at radius 2 is 2.18 bits per heavy atom. The highest BCUT2D eigenvalue weighted by molar-refractivity contribution is 5.82. The van der Waals surface area contributed by atoms with E-state index in [1.54, 1.807) is 0 Å². The van der Waals surface area contributed by atoms with E-state index >= 15 is 0 Å². The van der Waals surface area contributed by atoms with Crippen LogP contribution >= 0.6 is 0 Å². The zero-order valence-corrected chi connectivity index (χ0v) is 7.18. The van der Waals surface area contributed by atoms with Gasteiger partial charge < -0.3 is 10.8 Å². The summed E-state index contributed by atoms with van der Waals surface area (Å²) in [6.07, 6.45) is 3.71. The van der Waals surface area contributed by atoms with Crippen molar-refractivity contribution in [2.75, 3.05) is 6.61 Å². The number of carbonyl (C=O) groups excluding carboxylic acids is 1. The molecule has 0 aliphatic heterocycles. The van der Waals surface area contributed by atoms with E-state index in [0.717, 1.165) is 19.3 Å². The molecule has 3 nitrogen and oxygen atoms in total. The maximum absolute atomic E-state index is 11.0. The van der Waals surface area contributed by atoms with Crippen LogP contribution in [0.2, 0.25) is 0 Å². The Bertz CT molecular complexity index is 115. The molecule has 0 aliphatic carbocycles. The average molecular weight is 160 g/mol. The Morgan fingerprint density at radius 3 is 2.64 bits per heavy atom. The molecule has 66 valence electrons. The highest BCUT2D eigenvalue weighted by Gasteiger charge is 2.14. The Hall–Kier alpha value is -0.410. The smallest absolute Gasteiger partial charge is 0.192 e. The molecular weight excluding hydrogens is 142 g/mol. The third-order valence-electron chi connectivity index (χ3n) is 1.70. The Morgan fingerprint density at radius 1 is 1.55 bits per heavy atom. The predicted octanol–water partition coefficient (Wildman–Crippen LogP) is -0.261. The molecule has 0 bridgehead atoms. The molecule has 11 heavy (non-hydrogen) atoms. The van der Waals surface area contributed by atoms with Gasteiger partial charge in [-0.25, -0.2) is 0 Å². The molecule has 0 aromatic heterocycles.